The van der Waals surface area contributed by atoms with Crippen LogP contribution in [0.15, 0.2) is 30.3 Å². The Morgan fingerprint density at radius 2 is 1.96 bits per heavy atom. The SMILES string of the molecule is Cc1cc(NC2CCN(CC(F)(F)F)C2=O)nc(-c2ccc([N+](=O)[O-])cc2)n1. The van der Waals surface area contributed by atoms with E-state index in [1.165, 1.54) is 24.3 Å². The van der Waals surface area contributed by atoms with Crippen LogP contribution in [0.3, 0.4) is 0 Å². The number of rotatable bonds is 5. The Hall–Kier alpha value is -3.24. The molecule has 1 N–H and O–H groups in total. The second-order valence-electron chi connectivity index (χ2n) is 6.38. The number of nitrogens with zero attached hydrogens (tertiary/aromatic N) is 4. The second kappa shape index (κ2) is 7.41. The Kier molecular flexibility index (Phi) is 5.16. The van der Waals surface area contributed by atoms with Gasteiger partial charge in [0.2, 0.25) is 5.91 Å². The molecule has 1 fully saturated rings. The number of alkyl halides is 3. The van der Waals surface area contributed by atoms with Gasteiger partial charge in [0.05, 0.1) is 4.92 Å². The number of likely N-dealkylation sites (tertiary alicyclic amines) is 1. The van der Waals surface area contributed by atoms with E-state index in [4.69, 9.17) is 0 Å². The Bertz CT molecular complexity index is 902. The highest BCUT2D eigenvalue weighted by Crippen LogP contribution is 2.24. The lowest BCUT2D eigenvalue weighted by atomic mass is 10.2. The van der Waals surface area contributed by atoms with Crippen molar-refractivity contribution in [3.63, 3.8) is 0 Å². The highest BCUT2D eigenvalue weighted by molar-refractivity contribution is 5.86. The van der Waals surface area contributed by atoms with E-state index in [2.05, 4.69) is 15.3 Å². The van der Waals surface area contributed by atoms with Crippen molar-refractivity contribution >= 4 is 17.4 Å². The largest absolute Gasteiger partial charge is 0.406 e. The molecule has 148 valence electrons. The molecule has 1 aromatic carbocycles. The Balaban J connectivity index is 1.77. The Morgan fingerprint density at radius 3 is 2.57 bits per heavy atom. The van der Waals surface area contributed by atoms with Gasteiger partial charge in [-0.2, -0.15) is 13.2 Å². The van der Waals surface area contributed by atoms with Gasteiger partial charge in [-0.05, 0) is 25.5 Å². The van der Waals surface area contributed by atoms with E-state index in [0.29, 0.717) is 17.1 Å². The first kappa shape index (κ1) is 19.5. The fraction of sp³-hybridized carbons (Fsp3) is 0.353. The molecule has 11 heteroatoms. The zero-order chi connectivity index (χ0) is 20.5. The summed E-state index contributed by atoms with van der Waals surface area (Å²) in [6, 6.07) is 6.42. The van der Waals surface area contributed by atoms with Gasteiger partial charge in [-0.3, -0.25) is 14.9 Å². The number of nitro groups is 1. The van der Waals surface area contributed by atoms with Crippen LogP contribution in [-0.2, 0) is 4.79 Å². The summed E-state index contributed by atoms with van der Waals surface area (Å²) in [4.78, 5) is 31.7. The van der Waals surface area contributed by atoms with E-state index in [1.807, 2.05) is 0 Å². The molecule has 1 amide bonds. The third-order valence-electron chi connectivity index (χ3n) is 4.18. The molecule has 1 aromatic heterocycles. The number of aryl methyl sites for hydroxylation is 1. The van der Waals surface area contributed by atoms with E-state index in [1.54, 1.807) is 13.0 Å². The average molecular weight is 395 g/mol. The van der Waals surface area contributed by atoms with Gasteiger partial charge in [0.1, 0.15) is 18.4 Å². The summed E-state index contributed by atoms with van der Waals surface area (Å²) in [6.07, 6.45) is -4.22. The molecule has 0 spiro atoms. The Morgan fingerprint density at radius 1 is 1.29 bits per heavy atom. The minimum Gasteiger partial charge on any atom is -0.358 e. The number of anilines is 1. The average Bonchev–Trinajstić information content (AvgIpc) is 2.93. The summed E-state index contributed by atoms with van der Waals surface area (Å²) in [6.45, 7) is 0.435. The summed E-state index contributed by atoms with van der Waals surface area (Å²) >= 11 is 0. The number of aromatic nitrogens is 2. The number of hydrogen-bond acceptors (Lipinski definition) is 6. The van der Waals surface area contributed by atoms with Crippen LogP contribution in [0.2, 0.25) is 0 Å². The van der Waals surface area contributed by atoms with Crippen LogP contribution in [0.25, 0.3) is 11.4 Å². The van der Waals surface area contributed by atoms with Crippen LogP contribution in [0.5, 0.6) is 0 Å². The van der Waals surface area contributed by atoms with Crippen molar-refractivity contribution in [3.05, 3.63) is 46.1 Å². The molecular weight excluding hydrogens is 379 g/mol. The lowest BCUT2D eigenvalue weighted by Gasteiger charge is -2.19. The first-order valence-electron chi connectivity index (χ1n) is 8.35. The molecular formula is C17H16F3N5O3. The number of nitrogens with one attached hydrogen (secondary N) is 1. The molecule has 2 aromatic rings. The molecule has 8 nitrogen and oxygen atoms in total. The molecule has 0 bridgehead atoms. The van der Waals surface area contributed by atoms with Gasteiger partial charge in [0, 0.05) is 36.0 Å². The minimum absolute atomic E-state index is 0.00921. The molecule has 1 saturated heterocycles. The predicted octanol–water partition coefficient (Wildman–Crippen LogP) is 2.94. The topological polar surface area (TPSA) is 101 Å². The number of nitro benzene ring substituents is 1. The standard InChI is InChI=1S/C17H16F3N5O3/c1-10-8-14(22-13-6-7-24(16(13)26)9-17(18,19)20)23-15(21-10)11-2-4-12(5-3-11)25(27)28/h2-5,8,13H,6-7,9H2,1H3,(H,21,22,23). The monoisotopic (exact) mass is 395 g/mol. The fourth-order valence-corrected chi connectivity index (χ4v) is 2.93. The van der Waals surface area contributed by atoms with Crippen LogP contribution in [0, 0.1) is 17.0 Å². The van der Waals surface area contributed by atoms with Crippen LogP contribution < -0.4 is 5.32 Å². The number of amides is 1. The maximum atomic E-state index is 12.5. The van der Waals surface area contributed by atoms with Crippen LogP contribution in [-0.4, -0.2) is 51.0 Å². The summed E-state index contributed by atoms with van der Waals surface area (Å²) in [5.74, 6) is -0.0477. The first-order valence-corrected chi connectivity index (χ1v) is 8.35. The number of benzene rings is 1. The molecule has 2 heterocycles. The van der Waals surface area contributed by atoms with Crippen molar-refractivity contribution in [3.8, 4) is 11.4 Å². The molecule has 1 unspecified atom stereocenters. The van der Waals surface area contributed by atoms with Crippen LogP contribution in [0.1, 0.15) is 12.1 Å². The molecule has 1 aliphatic rings. The minimum atomic E-state index is -4.45. The fourth-order valence-electron chi connectivity index (χ4n) is 2.93. The summed E-state index contributed by atoms with van der Waals surface area (Å²) in [5.41, 5.74) is 1.04. The number of non-ortho nitro benzene ring substituents is 1. The third-order valence-corrected chi connectivity index (χ3v) is 4.18. The molecule has 28 heavy (non-hydrogen) atoms. The third kappa shape index (κ3) is 4.53. The first-order chi connectivity index (χ1) is 13.1. The molecule has 0 aliphatic carbocycles. The lowest BCUT2D eigenvalue weighted by molar-refractivity contribution is -0.384. The zero-order valence-corrected chi connectivity index (χ0v) is 14.7. The Labute approximate surface area is 157 Å². The molecule has 0 radical (unpaired) electrons. The highest BCUT2D eigenvalue weighted by atomic mass is 19.4. The van der Waals surface area contributed by atoms with Crippen molar-refractivity contribution in [1.82, 2.24) is 14.9 Å². The van der Waals surface area contributed by atoms with Crippen molar-refractivity contribution in [2.75, 3.05) is 18.4 Å². The van der Waals surface area contributed by atoms with Gasteiger partial charge in [0.15, 0.2) is 5.82 Å². The summed E-state index contributed by atoms with van der Waals surface area (Å²) in [7, 11) is 0. The van der Waals surface area contributed by atoms with Crippen molar-refractivity contribution in [1.29, 1.82) is 0 Å². The van der Waals surface area contributed by atoms with Crippen molar-refractivity contribution in [2.24, 2.45) is 0 Å². The van der Waals surface area contributed by atoms with E-state index in [9.17, 15) is 28.1 Å². The number of halogens is 3. The maximum Gasteiger partial charge on any atom is 0.406 e. The molecule has 0 saturated carbocycles. The van der Waals surface area contributed by atoms with Crippen LogP contribution >= 0.6 is 0 Å². The number of carbonyl (C=O) groups is 1. The highest BCUT2D eigenvalue weighted by Gasteiger charge is 2.39. The normalized spacial score (nSPS) is 17.1. The molecule has 3 rings (SSSR count). The number of carbonyl (C=O) groups excluding carboxylic acids is 1. The van der Waals surface area contributed by atoms with Crippen molar-refractivity contribution in [2.45, 2.75) is 25.6 Å². The van der Waals surface area contributed by atoms with E-state index in [0.717, 1.165) is 4.90 Å². The maximum absolute atomic E-state index is 12.5. The van der Waals surface area contributed by atoms with Crippen molar-refractivity contribution < 1.29 is 22.9 Å². The molecule has 1 atom stereocenters. The van der Waals surface area contributed by atoms with Gasteiger partial charge < -0.3 is 10.2 Å². The van der Waals surface area contributed by atoms with E-state index < -0.39 is 29.6 Å². The summed E-state index contributed by atoms with van der Waals surface area (Å²) < 4.78 is 37.6. The quantitative estimate of drug-likeness (QED) is 0.617. The zero-order valence-electron chi connectivity index (χ0n) is 14.7. The van der Waals surface area contributed by atoms with Gasteiger partial charge in [-0.25, -0.2) is 9.97 Å². The lowest BCUT2D eigenvalue weighted by Crippen LogP contribution is -2.39. The van der Waals surface area contributed by atoms with Gasteiger partial charge in [-0.15, -0.1) is 0 Å². The van der Waals surface area contributed by atoms with Gasteiger partial charge in [0.25, 0.3) is 5.69 Å². The van der Waals surface area contributed by atoms with E-state index in [-0.39, 0.29) is 24.5 Å². The summed E-state index contributed by atoms with van der Waals surface area (Å²) in [5, 5.41) is 13.6. The smallest absolute Gasteiger partial charge is 0.358 e. The van der Waals surface area contributed by atoms with Gasteiger partial charge in [-0.1, -0.05) is 0 Å². The van der Waals surface area contributed by atoms with Crippen LogP contribution in [0.4, 0.5) is 24.7 Å². The predicted molar refractivity (Wildman–Crippen MR) is 93.5 cm³/mol. The van der Waals surface area contributed by atoms with E-state index >= 15 is 0 Å². The second-order valence-corrected chi connectivity index (χ2v) is 6.38. The van der Waals surface area contributed by atoms with Gasteiger partial charge >= 0.3 is 6.18 Å². The number of hydrogen-bond donors (Lipinski definition) is 1. The molecule has 1 aliphatic heterocycles.